The summed E-state index contributed by atoms with van der Waals surface area (Å²) >= 11 is 0. The van der Waals surface area contributed by atoms with Gasteiger partial charge in [0.05, 0.1) is 6.61 Å². The second kappa shape index (κ2) is 7.30. The van der Waals surface area contributed by atoms with Gasteiger partial charge in [0.2, 0.25) is 10.0 Å². The predicted octanol–water partition coefficient (Wildman–Crippen LogP) is 1.62. The van der Waals surface area contributed by atoms with E-state index in [1.165, 1.54) is 11.1 Å². The smallest absolute Gasteiger partial charge is 0.219 e. The van der Waals surface area contributed by atoms with Crippen molar-refractivity contribution >= 4 is 10.0 Å². The molecule has 0 unspecified atom stereocenters. The van der Waals surface area contributed by atoms with Gasteiger partial charge in [-0.1, -0.05) is 24.3 Å². The highest BCUT2D eigenvalue weighted by atomic mass is 32.2. The minimum absolute atomic E-state index is 0.342. The molecule has 0 amide bonds. The van der Waals surface area contributed by atoms with E-state index in [0.29, 0.717) is 32.7 Å². The van der Waals surface area contributed by atoms with E-state index in [1.54, 1.807) is 4.31 Å². The minimum Gasteiger partial charge on any atom is -0.380 e. The molecule has 0 radical (unpaired) electrons. The van der Waals surface area contributed by atoms with Gasteiger partial charge in [0.1, 0.15) is 5.25 Å². The van der Waals surface area contributed by atoms with Crippen molar-refractivity contribution in [1.29, 1.82) is 0 Å². The molecule has 2 aliphatic rings. The highest BCUT2D eigenvalue weighted by Gasteiger charge is 2.35. The summed E-state index contributed by atoms with van der Waals surface area (Å²) in [6.07, 6.45) is 1.52. The average Bonchev–Trinajstić information content (AvgIpc) is 2.97. The molecular weight excluding hydrogens is 312 g/mol. The third-order valence-electron chi connectivity index (χ3n) is 4.87. The Morgan fingerprint density at radius 2 is 2.00 bits per heavy atom. The third-order valence-corrected chi connectivity index (χ3v) is 7.17. The van der Waals surface area contributed by atoms with Crippen molar-refractivity contribution in [3.05, 3.63) is 35.4 Å². The summed E-state index contributed by atoms with van der Waals surface area (Å²) in [7, 11) is -3.21. The molecule has 0 saturated carbocycles. The molecule has 0 bridgehead atoms. The molecule has 128 valence electrons. The minimum atomic E-state index is -3.21. The van der Waals surface area contributed by atoms with Gasteiger partial charge in [-0.25, -0.2) is 12.7 Å². The molecule has 0 aromatic heterocycles. The van der Waals surface area contributed by atoms with E-state index in [0.717, 1.165) is 26.1 Å². The zero-order valence-electron chi connectivity index (χ0n) is 13.8. The second-order valence-electron chi connectivity index (χ2n) is 6.49. The lowest BCUT2D eigenvalue weighted by atomic mass is 10.1. The van der Waals surface area contributed by atoms with Crippen LogP contribution in [0.4, 0.5) is 0 Å². The monoisotopic (exact) mass is 338 g/mol. The quantitative estimate of drug-likeness (QED) is 0.837. The third kappa shape index (κ3) is 3.94. The van der Waals surface area contributed by atoms with Crippen molar-refractivity contribution in [1.82, 2.24) is 9.21 Å². The SMILES string of the molecule is Cc1ccccc1CN1CCCN(S(=O)(=O)[C@@H]2CCOC2)CC1. The summed E-state index contributed by atoms with van der Waals surface area (Å²) in [5, 5.41) is -0.342. The van der Waals surface area contributed by atoms with Crippen LogP contribution in [0.25, 0.3) is 0 Å². The Morgan fingerprint density at radius 3 is 2.74 bits per heavy atom. The van der Waals surface area contributed by atoms with Crippen molar-refractivity contribution in [3.63, 3.8) is 0 Å². The van der Waals surface area contributed by atoms with Crippen molar-refractivity contribution in [2.45, 2.75) is 31.6 Å². The van der Waals surface area contributed by atoms with Crippen LogP contribution in [0.15, 0.2) is 24.3 Å². The molecule has 2 fully saturated rings. The zero-order chi connectivity index (χ0) is 16.3. The average molecular weight is 338 g/mol. The molecule has 2 heterocycles. The molecule has 5 nitrogen and oxygen atoms in total. The number of nitrogens with zero attached hydrogens (tertiary/aromatic N) is 2. The van der Waals surface area contributed by atoms with Crippen LogP contribution in [-0.2, 0) is 21.3 Å². The maximum atomic E-state index is 12.7. The Bertz CT molecular complexity index is 626. The van der Waals surface area contributed by atoms with Crippen LogP contribution in [0.3, 0.4) is 0 Å². The highest BCUT2D eigenvalue weighted by Crippen LogP contribution is 2.20. The first kappa shape index (κ1) is 16.9. The number of aryl methyl sites for hydroxylation is 1. The maximum Gasteiger partial charge on any atom is 0.219 e. The van der Waals surface area contributed by atoms with Crippen molar-refractivity contribution < 1.29 is 13.2 Å². The van der Waals surface area contributed by atoms with Gasteiger partial charge in [-0.05, 0) is 37.4 Å². The maximum absolute atomic E-state index is 12.7. The number of ether oxygens (including phenoxy) is 1. The van der Waals surface area contributed by atoms with E-state index in [4.69, 9.17) is 4.74 Å². The van der Waals surface area contributed by atoms with Crippen LogP contribution in [-0.4, -0.2) is 62.3 Å². The Labute approximate surface area is 139 Å². The largest absolute Gasteiger partial charge is 0.380 e. The van der Waals surface area contributed by atoms with E-state index < -0.39 is 10.0 Å². The Balaban J connectivity index is 1.62. The number of sulfonamides is 1. The van der Waals surface area contributed by atoms with Crippen molar-refractivity contribution in [2.24, 2.45) is 0 Å². The second-order valence-corrected chi connectivity index (χ2v) is 8.70. The first-order chi connectivity index (χ1) is 11.1. The molecule has 6 heteroatoms. The van der Waals surface area contributed by atoms with Gasteiger partial charge in [-0.3, -0.25) is 4.90 Å². The lowest BCUT2D eigenvalue weighted by molar-refractivity contribution is 0.198. The van der Waals surface area contributed by atoms with Crippen LogP contribution in [0.1, 0.15) is 24.0 Å². The lowest BCUT2D eigenvalue weighted by Crippen LogP contribution is -2.41. The van der Waals surface area contributed by atoms with Gasteiger partial charge < -0.3 is 4.74 Å². The summed E-state index contributed by atoms with van der Waals surface area (Å²) in [6, 6.07) is 8.41. The van der Waals surface area contributed by atoms with E-state index in [1.807, 2.05) is 0 Å². The number of rotatable bonds is 4. The molecule has 2 aliphatic heterocycles. The van der Waals surface area contributed by atoms with Crippen molar-refractivity contribution in [3.8, 4) is 0 Å². The fourth-order valence-electron chi connectivity index (χ4n) is 3.35. The predicted molar refractivity (Wildman–Crippen MR) is 90.8 cm³/mol. The molecule has 3 rings (SSSR count). The van der Waals surface area contributed by atoms with Gasteiger partial charge in [-0.15, -0.1) is 0 Å². The van der Waals surface area contributed by atoms with Crippen molar-refractivity contribution in [2.75, 3.05) is 39.4 Å². The number of hydrogen-bond acceptors (Lipinski definition) is 4. The fourth-order valence-corrected chi connectivity index (χ4v) is 5.15. The van der Waals surface area contributed by atoms with E-state index in [2.05, 4.69) is 36.1 Å². The zero-order valence-corrected chi connectivity index (χ0v) is 14.6. The standard InChI is InChI=1S/C17H26N2O3S/c1-15-5-2-3-6-16(15)13-18-8-4-9-19(11-10-18)23(20,21)17-7-12-22-14-17/h2-3,5-6,17H,4,7-14H2,1H3/t17-/m1/s1. The Hall–Kier alpha value is -0.950. The van der Waals surface area contributed by atoms with Crippen LogP contribution < -0.4 is 0 Å². The van der Waals surface area contributed by atoms with Crippen LogP contribution >= 0.6 is 0 Å². The summed E-state index contributed by atoms with van der Waals surface area (Å²) in [6.45, 7) is 6.90. The van der Waals surface area contributed by atoms with E-state index >= 15 is 0 Å². The lowest BCUT2D eigenvalue weighted by Gasteiger charge is -2.24. The highest BCUT2D eigenvalue weighted by molar-refractivity contribution is 7.89. The molecule has 0 N–H and O–H groups in total. The summed E-state index contributed by atoms with van der Waals surface area (Å²) in [5.41, 5.74) is 2.62. The summed E-state index contributed by atoms with van der Waals surface area (Å²) in [4.78, 5) is 2.36. The fraction of sp³-hybridized carbons (Fsp3) is 0.647. The molecule has 2 saturated heterocycles. The van der Waals surface area contributed by atoms with Crippen LogP contribution in [0.5, 0.6) is 0 Å². The van der Waals surface area contributed by atoms with E-state index in [9.17, 15) is 8.42 Å². The molecule has 1 aromatic carbocycles. The topological polar surface area (TPSA) is 49.9 Å². The van der Waals surface area contributed by atoms with Gasteiger partial charge in [-0.2, -0.15) is 0 Å². The molecule has 0 aliphatic carbocycles. The van der Waals surface area contributed by atoms with Gasteiger partial charge in [0, 0.05) is 32.8 Å². The first-order valence-corrected chi connectivity index (χ1v) is 9.91. The van der Waals surface area contributed by atoms with Crippen LogP contribution in [0.2, 0.25) is 0 Å². The summed E-state index contributed by atoms with van der Waals surface area (Å²) < 4.78 is 32.3. The Kier molecular flexibility index (Phi) is 5.36. The van der Waals surface area contributed by atoms with Crippen LogP contribution in [0, 0.1) is 6.92 Å². The Morgan fingerprint density at radius 1 is 1.17 bits per heavy atom. The number of benzene rings is 1. The molecule has 1 aromatic rings. The molecular formula is C17H26N2O3S. The molecule has 0 spiro atoms. The molecule has 1 atom stereocenters. The molecule has 23 heavy (non-hydrogen) atoms. The van der Waals surface area contributed by atoms with Gasteiger partial charge >= 0.3 is 0 Å². The van der Waals surface area contributed by atoms with Gasteiger partial charge in [0.15, 0.2) is 0 Å². The van der Waals surface area contributed by atoms with Gasteiger partial charge in [0.25, 0.3) is 0 Å². The normalized spacial score (nSPS) is 24.7. The summed E-state index contributed by atoms with van der Waals surface area (Å²) in [5.74, 6) is 0. The van der Waals surface area contributed by atoms with E-state index in [-0.39, 0.29) is 5.25 Å². The number of hydrogen-bond donors (Lipinski definition) is 0. The first-order valence-electron chi connectivity index (χ1n) is 8.41.